The van der Waals surface area contributed by atoms with Crippen LogP contribution in [0.15, 0.2) is 18.5 Å². The van der Waals surface area contributed by atoms with Gasteiger partial charge in [0.1, 0.15) is 5.52 Å². The van der Waals surface area contributed by atoms with Crippen LogP contribution in [-0.4, -0.2) is 45.2 Å². The average Bonchev–Trinajstić information content (AvgIpc) is 2.97. The summed E-state index contributed by atoms with van der Waals surface area (Å²) in [6, 6.07) is 2.46. The van der Waals surface area contributed by atoms with Crippen molar-refractivity contribution in [2.45, 2.75) is 32.7 Å². The predicted octanol–water partition coefficient (Wildman–Crippen LogP) is 1.93. The minimum atomic E-state index is 0.395. The van der Waals surface area contributed by atoms with Crippen molar-refractivity contribution in [2.75, 3.05) is 25.0 Å². The van der Waals surface area contributed by atoms with Crippen molar-refractivity contribution in [3.05, 3.63) is 24.2 Å². The number of likely N-dealkylation sites (tertiary alicyclic amines) is 1. The lowest BCUT2D eigenvalue weighted by molar-refractivity contribution is 0.327. The van der Waals surface area contributed by atoms with E-state index in [0.717, 1.165) is 23.6 Å². The molecule has 2 aromatic rings. The fourth-order valence-electron chi connectivity index (χ4n) is 2.79. The van der Waals surface area contributed by atoms with Crippen molar-refractivity contribution in [3.63, 3.8) is 0 Å². The summed E-state index contributed by atoms with van der Waals surface area (Å²) in [4.78, 5) is 6.96. The highest BCUT2D eigenvalue weighted by Gasteiger charge is 2.15. The van der Waals surface area contributed by atoms with E-state index < -0.39 is 0 Å². The summed E-state index contributed by atoms with van der Waals surface area (Å²) in [7, 11) is 0. The zero-order chi connectivity index (χ0) is 13.2. The topological polar surface area (TPSA) is 45.5 Å². The molecule has 0 bridgehead atoms. The molecule has 1 aliphatic heterocycles. The molecule has 1 aliphatic rings. The maximum absolute atomic E-state index is 4.44. The Labute approximate surface area is 113 Å². The number of nitrogens with one attached hydrogen (secondary N) is 1. The van der Waals surface area contributed by atoms with E-state index in [1.165, 1.54) is 25.9 Å². The van der Waals surface area contributed by atoms with Crippen LogP contribution in [0.4, 0.5) is 5.82 Å². The van der Waals surface area contributed by atoms with Crippen LogP contribution < -0.4 is 5.32 Å². The van der Waals surface area contributed by atoms with Crippen LogP contribution in [0.2, 0.25) is 0 Å². The first-order valence-corrected chi connectivity index (χ1v) is 7.02. The summed E-state index contributed by atoms with van der Waals surface area (Å²) >= 11 is 0. The third-order valence-electron chi connectivity index (χ3n) is 3.63. The van der Waals surface area contributed by atoms with E-state index >= 15 is 0 Å². The highest BCUT2D eigenvalue weighted by atomic mass is 15.2. The molecule has 0 radical (unpaired) electrons. The van der Waals surface area contributed by atoms with Crippen LogP contribution in [0.25, 0.3) is 5.52 Å². The zero-order valence-corrected chi connectivity index (χ0v) is 11.6. The molecular formula is C14H21N5. The maximum atomic E-state index is 4.44. The van der Waals surface area contributed by atoms with E-state index in [-0.39, 0.29) is 0 Å². The van der Waals surface area contributed by atoms with Crippen LogP contribution >= 0.6 is 0 Å². The van der Waals surface area contributed by atoms with Gasteiger partial charge >= 0.3 is 0 Å². The van der Waals surface area contributed by atoms with E-state index in [4.69, 9.17) is 0 Å². The molecule has 1 N–H and O–H groups in total. The molecule has 1 saturated heterocycles. The Bertz CT molecular complexity index is 556. The second-order valence-electron chi connectivity index (χ2n) is 5.44. The van der Waals surface area contributed by atoms with Crippen molar-refractivity contribution in [1.29, 1.82) is 0 Å². The lowest BCUT2D eigenvalue weighted by atomic mass is 10.3. The van der Waals surface area contributed by atoms with E-state index in [0.29, 0.717) is 6.04 Å². The Balaban J connectivity index is 1.73. The normalized spacial score (nSPS) is 18.0. The molecule has 3 heterocycles. The maximum Gasteiger partial charge on any atom is 0.152 e. The second-order valence-corrected chi connectivity index (χ2v) is 5.44. The summed E-state index contributed by atoms with van der Waals surface area (Å²) in [5.41, 5.74) is 2.07. The van der Waals surface area contributed by atoms with Gasteiger partial charge in [-0.05, 0) is 45.8 Å². The monoisotopic (exact) mass is 259 g/mol. The molecule has 102 valence electrons. The van der Waals surface area contributed by atoms with Gasteiger partial charge in [0.25, 0.3) is 0 Å². The van der Waals surface area contributed by atoms with Gasteiger partial charge in [0.15, 0.2) is 5.82 Å². The molecule has 5 nitrogen and oxygen atoms in total. The van der Waals surface area contributed by atoms with Crippen LogP contribution in [0, 0.1) is 6.92 Å². The van der Waals surface area contributed by atoms with Crippen molar-refractivity contribution >= 4 is 11.3 Å². The number of rotatable bonds is 4. The fourth-order valence-corrected chi connectivity index (χ4v) is 2.79. The lowest BCUT2D eigenvalue weighted by Gasteiger charge is -2.21. The SMILES string of the molecule is Cc1cc2c(NC(C)CN3CCCC3)nccn2n1. The van der Waals surface area contributed by atoms with E-state index in [2.05, 4.69) is 33.3 Å². The number of nitrogens with zero attached hydrogens (tertiary/aromatic N) is 4. The van der Waals surface area contributed by atoms with Gasteiger partial charge in [-0.2, -0.15) is 5.10 Å². The van der Waals surface area contributed by atoms with Crippen LogP contribution in [0.5, 0.6) is 0 Å². The summed E-state index contributed by atoms with van der Waals surface area (Å²) in [6.45, 7) is 7.76. The lowest BCUT2D eigenvalue weighted by Crippen LogP contribution is -2.33. The van der Waals surface area contributed by atoms with Gasteiger partial charge in [-0.25, -0.2) is 9.50 Å². The van der Waals surface area contributed by atoms with Crippen LogP contribution in [0.1, 0.15) is 25.5 Å². The molecule has 0 spiro atoms. The molecule has 0 aliphatic carbocycles. The summed E-state index contributed by atoms with van der Waals surface area (Å²) in [5.74, 6) is 0.926. The Morgan fingerprint density at radius 2 is 2.16 bits per heavy atom. The Morgan fingerprint density at radius 1 is 1.37 bits per heavy atom. The minimum absolute atomic E-state index is 0.395. The van der Waals surface area contributed by atoms with Gasteiger partial charge < -0.3 is 10.2 Å². The molecular weight excluding hydrogens is 238 g/mol. The molecule has 5 heteroatoms. The molecule has 0 amide bonds. The first-order chi connectivity index (χ1) is 9.22. The van der Waals surface area contributed by atoms with Crippen LogP contribution in [-0.2, 0) is 0 Å². The van der Waals surface area contributed by atoms with E-state index in [1.807, 2.05) is 17.6 Å². The van der Waals surface area contributed by atoms with Gasteiger partial charge in [-0.3, -0.25) is 0 Å². The summed E-state index contributed by atoms with van der Waals surface area (Å²) in [6.07, 6.45) is 6.35. The number of aryl methyl sites for hydroxylation is 1. The van der Waals surface area contributed by atoms with Crippen molar-refractivity contribution in [3.8, 4) is 0 Å². The molecule has 19 heavy (non-hydrogen) atoms. The largest absolute Gasteiger partial charge is 0.365 e. The Morgan fingerprint density at radius 3 is 2.95 bits per heavy atom. The highest BCUT2D eigenvalue weighted by molar-refractivity contribution is 5.67. The van der Waals surface area contributed by atoms with Gasteiger partial charge in [0.05, 0.1) is 5.69 Å². The Kier molecular flexibility index (Phi) is 3.38. The fraction of sp³-hybridized carbons (Fsp3) is 0.571. The van der Waals surface area contributed by atoms with Crippen LogP contribution in [0.3, 0.4) is 0 Å². The third kappa shape index (κ3) is 2.71. The molecule has 1 fully saturated rings. The van der Waals surface area contributed by atoms with Gasteiger partial charge in [0, 0.05) is 25.0 Å². The number of hydrogen-bond acceptors (Lipinski definition) is 4. The molecule has 1 atom stereocenters. The predicted molar refractivity (Wildman–Crippen MR) is 76.5 cm³/mol. The third-order valence-corrected chi connectivity index (χ3v) is 3.63. The molecule has 0 aromatic carbocycles. The van der Waals surface area contributed by atoms with Gasteiger partial charge in [-0.15, -0.1) is 0 Å². The highest BCUT2D eigenvalue weighted by Crippen LogP contribution is 2.16. The number of hydrogen-bond donors (Lipinski definition) is 1. The average molecular weight is 259 g/mol. The standard InChI is InChI=1S/C14H21N5/c1-11-9-13-14(15-5-8-19(13)17-11)16-12(2)10-18-6-3-4-7-18/h5,8-9,12H,3-4,6-7,10H2,1-2H3,(H,15,16). The number of aromatic nitrogens is 3. The molecule has 1 unspecified atom stereocenters. The second kappa shape index (κ2) is 5.17. The van der Waals surface area contributed by atoms with Gasteiger partial charge in [-0.1, -0.05) is 0 Å². The zero-order valence-electron chi connectivity index (χ0n) is 11.6. The molecule has 0 saturated carbocycles. The van der Waals surface area contributed by atoms with E-state index in [1.54, 1.807) is 6.20 Å². The van der Waals surface area contributed by atoms with Crippen molar-refractivity contribution in [2.24, 2.45) is 0 Å². The molecule has 2 aromatic heterocycles. The summed E-state index contributed by atoms with van der Waals surface area (Å²) < 4.78 is 1.88. The summed E-state index contributed by atoms with van der Waals surface area (Å²) in [5, 5.41) is 7.92. The first kappa shape index (κ1) is 12.4. The van der Waals surface area contributed by atoms with Gasteiger partial charge in [0.2, 0.25) is 0 Å². The number of fused-ring (bicyclic) bond motifs is 1. The first-order valence-electron chi connectivity index (χ1n) is 7.02. The van der Waals surface area contributed by atoms with Crippen molar-refractivity contribution in [1.82, 2.24) is 19.5 Å². The Hall–Kier alpha value is -1.62. The van der Waals surface area contributed by atoms with E-state index in [9.17, 15) is 0 Å². The van der Waals surface area contributed by atoms with Crippen molar-refractivity contribution < 1.29 is 0 Å². The smallest absolute Gasteiger partial charge is 0.152 e. The number of anilines is 1. The molecule has 3 rings (SSSR count). The minimum Gasteiger partial charge on any atom is -0.365 e. The quantitative estimate of drug-likeness (QED) is 0.911.